The molecule has 8 heteroatoms. The van der Waals surface area contributed by atoms with Crippen LogP contribution in [0.5, 0.6) is 0 Å². The van der Waals surface area contributed by atoms with Crippen LogP contribution in [0.2, 0.25) is 5.02 Å². The summed E-state index contributed by atoms with van der Waals surface area (Å²) in [6, 6.07) is 4.74. The zero-order valence-electron chi connectivity index (χ0n) is 10.4. The number of carbonyl (C=O) groups is 3. The van der Waals surface area contributed by atoms with Crippen LogP contribution < -0.4 is 16.4 Å². The van der Waals surface area contributed by atoms with Crippen molar-refractivity contribution < 1.29 is 19.5 Å². The number of hydrogen-bond acceptors (Lipinski definition) is 3. The molecule has 1 rings (SSSR count). The summed E-state index contributed by atoms with van der Waals surface area (Å²) in [5.41, 5.74) is 5.70. The minimum Gasteiger partial charge on any atom is -0.480 e. The van der Waals surface area contributed by atoms with E-state index in [1.807, 2.05) is 0 Å². The Morgan fingerprint density at radius 3 is 2.35 bits per heavy atom. The predicted octanol–water partition coefficient (Wildman–Crippen LogP) is 0.468. The molecule has 0 unspecified atom stereocenters. The molecular weight excluding hydrogens is 286 g/mol. The van der Waals surface area contributed by atoms with Gasteiger partial charge in [0.2, 0.25) is 5.91 Å². The molecule has 0 spiro atoms. The number of primary amides is 1. The first-order valence-corrected chi connectivity index (χ1v) is 6.06. The Kier molecular flexibility index (Phi) is 5.79. The van der Waals surface area contributed by atoms with E-state index >= 15 is 0 Å². The van der Waals surface area contributed by atoms with Crippen molar-refractivity contribution in [3.63, 3.8) is 0 Å². The number of carbonyl (C=O) groups excluding carboxylic acids is 2. The molecule has 1 aromatic carbocycles. The van der Waals surface area contributed by atoms with Gasteiger partial charge in [-0.05, 0) is 17.7 Å². The average molecular weight is 300 g/mol. The van der Waals surface area contributed by atoms with Crippen LogP contribution in [-0.4, -0.2) is 29.1 Å². The van der Waals surface area contributed by atoms with E-state index < -0.39 is 30.4 Å². The fourth-order valence-electron chi connectivity index (χ4n) is 1.40. The Labute approximate surface area is 120 Å². The molecule has 0 fully saturated rings. The lowest BCUT2D eigenvalue weighted by atomic mass is 10.2. The van der Waals surface area contributed by atoms with Gasteiger partial charge >= 0.3 is 12.0 Å². The van der Waals surface area contributed by atoms with E-state index in [0.29, 0.717) is 5.02 Å². The maximum absolute atomic E-state index is 11.5. The number of amides is 3. The second-order valence-corrected chi connectivity index (χ2v) is 4.45. The summed E-state index contributed by atoms with van der Waals surface area (Å²) in [6.45, 7) is 0.200. The van der Waals surface area contributed by atoms with Gasteiger partial charge in [0.05, 0.1) is 6.42 Å². The quantitative estimate of drug-likeness (QED) is 0.610. The van der Waals surface area contributed by atoms with Crippen molar-refractivity contribution >= 4 is 29.5 Å². The highest BCUT2D eigenvalue weighted by molar-refractivity contribution is 6.30. The lowest BCUT2D eigenvalue weighted by Crippen LogP contribution is -2.47. The number of urea groups is 1. The minimum atomic E-state index is -1.35. The number of nitrogens with one attached hydrogen (secondary N) is 2. The summed E-state index contributed by atoms with van der Waals surface area (Å²) in [5, 5.41) is 14.0. The molecular formula is C12H14ClN3O4. The number of carboxylic acid groups (broad SMARTS) is 1. The van der Waals surface area contributed by atoms with Crippen LogP contribution in [0.1, 0.15) is 12.0 Å². The van der Waals surface area contributed by atoms with Gasteiger partial charge in [-0.1, -0.05) is 23.7 Å². The molecule has 20 heavy (non-hydrogen) atoms. The molecule has 0 aliphatic carbocycles. The van der Waals surface area contributed by atoms with E-state index in [9.17, 15) is 14.4 Å². The van der Waals surface area contributed by atoms with Crippen molar-refractivity contribution in [2.75, 3.05) is 0 Å². The summed E-state index contributed by atoms with van der Waals surface area (Å²) in [4.78, 5) is 33.0. The zero-order valence-corrected chi connectivity index (χ0v) is 11.2. The number of carboxylic acids is 1. The summed E-state index contributed by atoms with van der Waals surface area (Å²) in [6.07, 6.45) is -0.469. The SMILES string of the molecule is NC(=O)C[C@@H](NC(=O)NCc1ccc(Cl)cc1)C(=O)O. The first-order chi connectivity index (χ1) is 9.38. The Bertz CT molecular complexity index is 504. The molecule has 0 radical (unpaired) electrons. The van der Waals surface area contributed by atoms with Gasteiger partial charge in [0.1, 0.15) is 6.04 Å². The highest BCUT2D eigenvalue weighted by atomic mass is 35.5. The lowest BCUT2D eigenvalue weighted by Gasteiger charge is -2.13. The maximum atomic E-state index is 11.5. The van der Waals surface area contributed by atoms with E-state index in [4.69, 9.17) is 22.4 Å². The molecule has 0 aliphatic rings. The van der Waals surface area contributed by atoms with Crippen LogP contribution in [0.15, 0.2) is 24.3 Å². The highest BCUT2D eigenvalue weighted by Crippen LogP contribution is 2.09. The van der Waals surface area contributed by atoms with Gasteiger partial charge < -0.3 is 21.5 Å². The number of halogens is 1. The molecule has 0 saturated heterocycles. The first kappa shape index (κ1) is 15.8. The molecule has 0 saturated carbocycles. The number of rotatable bonds is 6. The van der Waals surface area contributed by atoms with Crippen LogP contribution >= 0.6 is 11.6 Å². The standard InChI is InChI=1S/C12H14ClN3O4/c13-8-3-1-7(2-4-8)6-15-12(20)16-9(11(18)19)5-10(14)17/h1-4,9H,5-6H2,(H2,14,17)(H,18,19)(H2,15,16,20)/t9-/m1/s1. The fourth-order valence-corrected chi connectivity index (χ4v) is 1.52. The lowest BCUT2D eigenvalue weighted by molar-refractivity contribution is -0.140. The first-order valence-electron chi connectivity index (χ1n) is 5.68. The maximum Gasteiger partial charge on any atom is 0.326 e. The monoisotopic (exact) mass is 299 g/mol. The number of benzene rings is 1. The summed E-state index contributed by atoms with van der Waals surface area (Å²) in [7, 11) is 0. The summed E-state index contributed by atoms with van der Waals surface area (Å²) in [5.74, 6) is -2.14. The van der Waals surface area contributed by atoms with Gasteiger partial charge in [0, 0.05) is 11.6 Å². The zero-order chi connectivity index (χ0) is 15.1. The van der Waals surface area contributed by atoms with Crippen molar-refractivity contribution in [2.45, 2.75) is 19.0 Å². The molecule has 0 heterocycles. The molecule has 0 aromatic heterocycles. The Hall–Kier alpha value is -2.28. The molecule has 3 amide bonds. The second kappa shape index (κ2) is 7.34. The van der Waals surface area contributed by atoms with Crippen LogP contribution in [0.4, 0.5) is 4.79 Å². The molecule has 7 nitrogen and oxygen atoms in total. The van der Waals surface area contributed by atoms with Crippen LogP contribution in [0, 0.1) is 0 Å². The highest BCUT2D eigenvalue weighted by Gasteiger charge is 2.21. The van der Waals surface area contributed by atoms with E-state index in [1.165, 1.54) is 0 Å². The normalized spacial score (nSPS) is 11.4. The van der Waals surface area contributed by atoms with Crippen molar-refractivity contribution in [1.29, 1.82) is 0 Å². The number of nitrogens with two attached hydrogens (primary N) is 1. The number of hydrogen-bond donors (Lipinski definition) is 4. The summed E-state index contributed by atoms with van der Waals surface area (Å²) < 4.78 is 0. The van der Waals surface area contributed by atoms with Gasteiger partial charge in [-0.15, -0.1) is 0 Å². The Morgan fingerprint density at radius 2 is 1.85 bits per heavy atom. The average Bonchev–Trinajstić information content (AvgIpc) is 2.36. The molecule has 0 bridgehead atoms. The number of aliphatic carboxylic acids is 1. The van der Waals surface area contributed by atoms with Gasteiger partial charge in [-0.3, -0.25) is 4.79 Å². The third kappa shape index (κ3) is 5.57. The molecule has 108 valence electrons. The van der Waals surface area contributed by atoms with Crippen molar-refractivity contribution in [3.8, 4) is 0 Å². The third-order valence-electron chi connectivity index (χ3n) is 2.38. The van der Waals surface area contributed by atoms with E-state index in [2.05, 4.69) is 10.6 Å². The third-order valence-corrected chi connectivity index (χ3v) is 2.63. The molecule has 1 atom stereocenters. The largest absolute Gasteiger partial charge is 0.480 e. The van der Waals surface area contributed by atoms with Gasteiger partial charge in [-0.2, -0.15) is 0 Å². The summed E-state index contributed by atoms with van der Waals surface area (Å²) >= 11 is 5.72. The fraction of sp³-hybridized carbons (Fsp3) is 0.250. The molecule has 5 N–H and O–H groups in total. The van der Waals surface area contributed by atoms with Gasteiger partial charge in [0.25, 0.3) is 0 Å². The van der Waals surface area contributed by atoms with Crippen molar-refractivity contribution in [3.05, 3.63) is 34.9 Å². The smallest absolute Gasteiger partial charge is 0.326 e. The minimum absolute atomic E-state index is 0.200. The Balaban J connectivity index is 2.47. The van der Waals surface area contributed by atoms with Crippen molar-refractivity contribution in [2.24, 2.45) is 5.73 Å². The van der Waals surface area contributed by atoms with E-state index in [1.54, 1.807) is 24.3 Å². The van der Waals surface area contributed by atoms with Crippen LogP contribution in [0.3, 0.4) is 0 Å². The predicted molar refractivity (Wildman–Crippen MR) is 72.1 cm³/mol. The topological polar surface area (TPSA) is 122 Å². The van der Waals surface area contributed by atoms with Gasteiger partial charge in [-0.25, -0.2) is 9.59 Å². The van der Waals surface area contributed by atoms with Crippen LogP contribution in [-0.2, 0) is 16.1 Å². The molecule has 0 aliphatic heterocycles. The van der Waals surface area contributed by atoms with Crippen LogP contribution in [0.25, 0.3) is 0 Å². The van der Waals surface area contributed by atoms with Crippen molar-refractivity contribution in [1.82, 2.24) is 10.6 Å². The van der Waals surface area contributed by atoms with Gasteiger partial charge in [0.15, 0.2) is 0 Å². The van der Waals surface area contributed by atoms with E-state index in [-0.39, 0.29) is 6.54 Å². The van der Waals surface area contributed by atoms with E-state index in [0.717, 1.165) is 5.56 Å². The Morgan fingerprint density at radius 1 is 1.25 bits per heavy atom. The molecule has 1 aromatic rings. The second-order valence-electron chi connectivity index (χ2n) is 4.01.